The maximum absolute atomic E-state index is 12.9. The molecule has 0 aliphatic carbocycles. The molecule has 0 unspecified atom stereocenters. The molecule has 1 atom stereocenters. The molecule has 3 rings (SSSR count). The largest absolute Gasteiger partial charge is 0.327 e. The summed E-state index contributed by atoms with van der Waals surface area (Å²) in [5.74, 6) is 0. The van der Waals surface area contributed by atoms with Crippen molar-refractivity contribution >= 4 is 20.8 Å². The Hall–Kier alpha value is -1.70. The van der Waals surface area contributed by atoms with E-state index < -0.39 is 10.0 Å². The van der Waals surface area contributed by atoms with Gasteiger partial charge in [0.15, 0.2) is 0 Å². The van der Waals surface area contributed by atoms with E-state index in [1.807, 2.05) is 19.0 Å². The normalized spacial score (nSPS) is 20.0. The van der Waals surface area contributed by atoms with Gasteiger partial charge in [0.1, 0.15) is 4.90 Å². The third-order valence-corrected chi connectivity index (χ3v) is 6.15. The standard InChI is InChI=1S/C15H19N3O3S/c1-17(2)11-7-8-18(10-11)22(20,21)14-9-16-15(19)13-6-4-3-5-12(13)14/h3-6,9,11H,7-8,10H2,1-2H3,(H,16,19)/t11-/m0/s1. The minimum atomic E-state index is -3.61. The number of sulfonamides is 1. The molecule has 1 fully saturated rings. The zero-order valence-electron chi connectivity index (χ0n) is 12.6. The molecule has 2 aromatic rings. The van der Waals surface area contributed by atoms with Crippen molar-refractivity contribution in [1.82, 2.24) is 14.2 Å². The second kappa shape index (κ2) is 5.49. The highest BCUT2D eigenvalue weighted by Gasteiger charge is 2.34. The van der Waals surface area contributed by atoms with Crippen molar-refractivity contribution < 1.29 is 8.42 Å². The van der Waals surface area contributed by atoms with E-state index in [0.29, 0.717) is 23.9 Å². The van der Waals surface area contributed by atoms with Crippen LogP contribution in [-0.4, -0.2) is 55.8 Å². The first-order valence-electron chi connectivity index (χ1n) is 7.18. The highest BCUT2D eigenvalue weighted by Crippen LogP contribution is 2.26. The fourth-order valence-electron chi connectivity index (χ4n) is 2.89. The average molecular weight is 321 g/mol. The average Bonchev–Trinajstić information content (AvgIpc) is 2.98. The number of aromatic nitrogens is 1. The predicted octanol–water partition coefficient (Wildman–Crippen LogP) is 0.853. The van der Waals surface area contributed by atoms with E-state index in [2.05, 4.69) is 4.98 Å². The highest BCUT2D eigenvalue weighted by molar-refractivity contribution is 7.89. The lowest BCUT2D eigenvalue weighted by Crippen LogP contribution is -2.34. The summed E-state index contributed by atoms with van der Waals surface area (Å²) < 4.78 is 27.3. The summed E-state index contributed by atoms with van der Waals surface area (Å²) in [5, 5.41) is 0.867. The number of rotatable bonds is 3. The minimum Gasteiger partial charge on any atom is -0.327 e. The van der Waals surface area contributed by atoms with Crippen LogP contribution in [0.3, 0.4) is 0 Å². The van der Waals surface area contributed by atoms with Crippen LogP contribution in [0.25, 0.3) is 10.8 Å². The fourth-order valence-corrected chi connectivity index (χ4v) is 4.54. The lowest BCUT2D eigenvalue weighted by molar-refractivity contribution is 0.302. The summed E-state index contributed by atoms with van der Waals surface area (Å²) in [6, 6.07) is 7.01. The molecule has 0 amide bonds. The lowest BCUT2D eigenvalue weighted by Gasteiger charge is -2.20. The fraction of sp³-hybridized carbons (Fsp3) is 0.400. The van der Waals surface area contributed by atoms with Gasteiger partial charge in [-0.2, -0.15) is 4.31 Å². The van der Waals surface area contributed by atoms with Crippen LogP contribution in [0.5, 0.6) is 0 Å². The van der Waals surface area contributed by atoms with Gasteiger partial charge >= 0.3 is 0 Å². The second-order valence-electron chi connectivity index (χ2n) is 5.80. The van der Waals surface area contributed by atoms with Crippen LogP contribution in [0.2, 0.25) is 0 Å². The van der Waals surface area contributed by atoms with Gasteiger partial charge in [0.25, 0.3) is 5.56 Å². The highest BCUT2D eigenvalue weighted by atomic mass is 32.2. The summed E-state index contributed by atoms with van der Waals surface area (Å²) in [5.41, 5.74) is -0.276. The zero-order valence-corrected chi connectivity index (χ0v) is 13.4. The van der Waals surface area contributed by atoms with Crippen molar-refractivity contribution in [2.75, 3.05) is 27.2 Å². The molecular formula is C15H19N3O3S. The quantitative estimate of drug-likeness (QED) is 0.910. The molecule has 7 heteroatoms. The van der Waals surface area contributed by atoms with Crippen LogP contribution in [0.4, 0.5) is 0 Å². The second-order valence-corrected chi connectivity index (χ2v) is 7.70. The maximum atomic E-state index is 12.9. The number of nitrogens with one attached hydrogen (secondary N) is 1. The lowest BCUT2D eigenvalue weighted by atomic mass is 10.2. The van der Waals surface area contributed by atoms with E-state index in [9.17, 15) is 13.2 Å². The molecule has 1 aromatic heterocycles. The monoisotopic (exact) mass is 321 g/mol. The molecule has 22 heavy (non-hydrogen) atoms. The van der Waals surface area contributed by atoms with Crippen molar-refractivity contribution in [2.24, 2.45) is 0 Å². The van der Waals surface area contributed by atoms with E-state index in [-0.39, 0.29) is 16.5 Å². The van der Waals surface area contributed by atoms with Crippen LogP contribution in [-0.2, 0) is 10.0 Å². The van der Waals surface area contributed by atoms with Gasteiger partial charge in [0.05, 0.1) is 0 Å². The molecule has 1 aromatic carbocycles. The molecule has 1 aliphatic rings. The van der Waals surface area contributed by atoms with E-state index >= 15 is 0 Å². The topological polar surface area (TPSA) is 73.5 Å². The van der Waals surface area contributed by atoms with Gasteiger partial charge in [0, 0.05) is 36.1 Å². The number of fused-ring (bicyclic) bond motifs is 1. The molecule has 0 spiro atoms. The molecular weight excluding hydrogens is 302 g/mol. The van der Waals surface area contributed by atoms with Gasteiger partial charge < -0.3 is 9.88 Å². The summed E-state index contributed by atoms with van der Waals surface area (Å²) in [7, 11) is 0.297. The Kier molecular flexibility index (Phi) is 3.80. The first-order valence-corrected chi connectivity index (χ1v) is 8.62. The Morgan fingerprint density at radius 2 is 1.91 bits per heavy atom. The molecule has 2 heterocycles. The molecule has 0 bridgehead atoms. The summed E-state index contributed by atoms with van der Waals surface area (Å²) in [6.45, 7) is 0.974. The number of pyridine rings is 1. The third kappa shape index (κ3) is 2.45. The SMILES string of the molecule is CN(C)[C@H]1CCN(S(=O)(=O)c2c[nH]c(=O)c3ccccc23)C1. The maximum Gasteiger partial charge on any atom is 0.255 e. The smallest absolute Gasteiger partial charge is 0.255 e. The van der Waals surface area contributed by atoms with E-state index in [1.165, 1.54) is 10.5 Å². The van der Waals surface area contributed by atoms with Crippen molar-refractivity contribution in [3.63, 3.8) is 0 Å². The molecule has 118 valence electrons. The van der Waals surface area contributed by atoms with Gasteiger partial charge in [-0.3, -0.25) is 4.79 Å². The molecule has 1 N–H and O–H groups in total. The Morgan fingerprint density at radius 3 is 2.55 bits per heavy atom. The number of aromatic amines is 1. The van der Waals surface area contributed by atoms with Crippen LogP contribution >= 0.6 is 0 Å². The van der Waals surface area contributed by atoms with Crippen molar-refractivity contribution in [3.05, 3.63) is 40.8 Å². The van der Waals surface area contributed by atoms with Crippen LogP contribution in [0, 0.1) is 0 Å². The predicted molar refractivity (Wildman–Crippen MR) is 85.4 cm³/mol. The Balaban J connectivity index is 2.08. The number of hydrogen-bond acceptors (Lipinski definition) is 4. The summed E-state index contributed by atoms with van der Waals surface area (Å²) in [6.07, 6.45) is 2.12. The zero-order chi connectivity index (χ0) is 15.9. The number of nitrogens with zero attached hydrogens (tertiary/aromatic N) is 2. The summed E-state index contributed by atoms with van der Waals surface area (Å²) >= 11 is 0. The molecule has 1 saturated heterocycles. The van der Waals surface area contributed by atoms with Gasteiger partial charge in [-0.15, -0.1) is 0 Å². The number of H-pyrrole nitrogens is 1. The third-order valence-electron chi connectivity index (χ3n) is 4.25. The van der Waals surface area contributed by atoms with E-state index in [4.69, 9.17) is 0 Å². The molecule has 0 radical (unpaired) electrons. The van der Waals surface area contributed by atoms with Crippen LogP contribution in [0.15, 0.2) is 40.2 Å². The molecule has 6 nitrogen and oxygen atoms in total. The Labute approximate surface area is 129 Å². The van der Waals surface area contributed by atoms with E-state index in [1.54, 1.807) is 24.3 Å². The van der Waals surface area contributed by atoms with E-state index in [0.717, 1.165) is 6.42 Å². The van der Waals surface area contributed by atoms with Crippen LogP contribution in [0.1, 0.15) is 6.42 Å². The number of likely N-dealkylation sites (N-methyl/N-ethyl adjacent to an activating group) is 1. The number of hydrogen-bond donors (Lipinski definition) is 1. The minimum absolute atomic E-state index is 0.169. The van der Waals surface area contributed by atoms with Gasteiger partial charge in [-0.25, -0.2) is 8.42 Å². The van der Waals surface area contributed by atoms with Gasteiger partial charge in [-0.1, -0.05) is 18.2 Å². The summed E-state index contributed by atoms with van der Waals surface area (Å²) in [4.78, 5) is 16.6. The molecule has 1 aliphatic heterocycles. The Morgan fingerprint density at radius 1 is 1.23 bits per heavy atom. The van der Waals surface area contributed by atoms with Gasteiger partial charge in [0.2, 0.25) is 10.0 Å². The van der Waals surface area contributed by atoms with Crippen molar-refractivity contribution in [1.29, 1.82) is 0 Å². The number of benzene rings is 1. The first kappa shape index (κ1) is 15.2. The van der Waals surface area contributed by atoms with Crippen molar-refractivity contribution in [2.45, 2.75) is 17.4 Å². The first-order chi connectivity index (χ1) is 10.4. The van der Waals surface area contributed by atoms with Gasteiger partial charge in [-0.05, 0) is 26.6 Å². The Bertz CT molecular complexity index is 858. The van der Waals surface area contributed by atoms with Crippen LogP contribution < -0.4 is 5.56 Å². The molecule has 0 saturated carbocycles. The van der Waals surface area contributed by atoms with Crippen molar-refractivity contribution in [3.8, 4) is 0 Å².